The summed E-state index contributed by atoms with van der Waals surface area (Å²) < 4.78 is 0. The van der Waals surface area contributed by atoms with Crippen molar-refractivity contribution in [3.63, 3.8) is 0 Å². The van der Waals surface area contributed by atoms with Crippen LogP contribution < -0.4 is 5.73 Å². The third-order valence-corrected chi connectivity index (χ3v) is 2.64. The molecular weight excluding hydrogens is 178 g/mol. The molecule has 0 bridgehead atoms. The van der Waals surface area contributed by atoms with Gasteiger partial charge in [0, 0.05) is 13.2 Å². The van der Waals surface area contributed by atoms with Crippen LogP contribution in [0.3, 0.4) is 0 Å². The number of rotatable bonds is 1. The fraction of sp³-hybridized carbons (Fsp3) is 0.400. The Hall–Kier alpha value is -1.42. The average molecular weight is 191 g/mol. The van der Waals surface area contributed by atoms with Gasteiger partial charge in [-0.05, 0) is 18.6 Å². The third-order valence-electron chi connectivity index (χ3n) is 2.64. The first-order valence-electron chi connectivity index (χ1n) is 4.63. The maximum absolute atomic E-state index is 11.5. The Morgan fingerprint density at radius 3 is 2.86 bits per heavy atom. The molecule has 0 unspecified atom stereocenters. The zero-order valence-electron chi connectivity index (χ0n) is 8.05. The van der Waals surface area contributed by atoms with E-state index in [-0.39, 0.29) is 18.0 Å². The molecule has 4 nitrogen and oxygen atoms in total. The first kappa shape index (κ1) is 9.15. The van der Waals surface area contributed by atoms with Gasteiger partial charge in [-0.2, -0.15) is 0 Å². The molecule has 2 heterocycles. The smallest absolute Gasteiger partial charge is 0.239 e. The number of aromatic nitrogens is 1. The number of amides is 1. The van der Waals surface area contributed by atoms with Crippen LogP contribution in [0, 0.1) is 0 Å². The van der Waals surface area contributed by atoms with Gasteiger partial charge in [0.2, 0.25) is 5.91 Å². The minimum atomic E-state index is -0.369. The van der Waals surface area contributed by atoms with Crippen LogP contribution >= 0.6 is 0 Å². The number of carbonyl (C=O) groups is 1. The number of nitrogens with zero attached hydrogens (tertiary/aromatic N) is 2. The highest BCUT2D eigenvalue weighted by Gasteiger charge is 2.36. The van der Waals surface area contributed by atoms with E-state index < -0.39 is 0 Å². The fourth-order valence-corrected chi connectivity index (χ4v) is 1.81. The van der Waals surface area contributed by atoms with Crippen LogP contribution in [0.4, 0.5) is 0 Å². The number of nitrogens with two attached hydrogens (primary N) is 1. The molecule has 2 rings (SSSR count). The van der Waals surface area contributed by atoms with Crippen LogP contribution in [0.1, 0.15) is 18.2 Å². The molecule has 0 radical (unpaired) electrons. The highest BCUT2D eigenvalue weighted by molar-refractivity contribution is 5.84. The lowest BCUT2D eigenvalue weighted by Gasteiger charge is -2.18. The molecule has 1 aliphatic heterocycles. The maximum Gasteiger partial charge on any atom is 0.239 e. The van der Waals surface area contributed by atoms with Crippen molar-refractivity contribution in [2.45, 2.75) is 18.5 Å². The molecule has 1 aromatic heterocycles. The number of likely N-dealkylation sites (N-methyl/N-ethyl adjacent to an activating group) is 1. The van der Waals surface area contributed by atoms with Gasteiger partial charge in [-0.3, -0.25) is 9.78 Å². The summed E-state index contributed by atoms with van der Waals surface area (Å²) in [5.41, 5.74) is 6.59. The van der Waals surface area contributed by atoms with Crippen LogP contribution in [0.2, 0.25) is 0 Å². The van der Waals surface area contributed by atoms with Crippen molar-refractivity contribution in [1.82, 2.24) is 9.88 Å². The third kappa shape index (κ3) is 1.37. The zero-order chi connectivity index (χ0) is 10.1. The Bertz CT molecular complexity index is 338. The molecule has 0 aliphatic carbocycles. The lowest BCUT2D eigenvalue weighted by Crippen LogP contribution is -2.31. The van der Waals surface area contributed by atoms with Crippen LogP contribution in [-0.4, -0.2) is 28.9 Å². The van der Waals surface area contributed by atoms with E-state index in [0.717, 1.165) is 5.69 Å². The second-order valence-corrected chi connectivity index (χ2v) is 3.56. The van der Waals surface area contributed by atoms with Crippen molar-refractivity contribution < 1.29 is 4.79 Å². The van der Waals surface area contributed by atoms with Gasteiger partial charge in [0.25, 0.3) is 0 Å². The van der Waals surface area contributed by atoms with E-state index in [1.165, 1.54) is 0 Å². The predicted octanol–water partition coefficient (Wildman–Crippen LogP) is 0.312. The quantitative estimate of drug-likeness (QED) is 0.695. The molecule has 4 heteroatoms. The summed E-state index contributed by atoms with van der Waals surface area (Å²) in [4.78, 5) is 17.4. The van der Waals surface area contributed by atoms with E-state index in [1.807, 2.05) is 18.2 Å². The van der Waals surface area contributed by atoms with Gasteiger partial charge in [-0.25, -0.2) is 0 Å². The lowest BCUT2D eigenvalue weighted by molar-refractivity contribution is -0.128. The molecular formula is C10H13N3O. The van der Waals surface area contributed by atoms with Gasteiger partial charge in [-0.1, -0.05) is 6.07 Å². The maximum atomic E-state index is 11.5. The second kappa shape index (κ2) is 3.38. The summed E-state index contributed by atoms with van der Waals surface area (Å²) in [7, 11) is 1.77. The second-order valence-electron chi connectivity index (χ2n) is 3.56. The first-order chi connectivity index (χ1) is 6.70. The monoisotopic (exact) mass is 191 g/mol. The number of likely N-dealkylation sites (tertiary alicyclic amines) is 1. The molecule has 1 aliphatic rings. The Labute approximate surface area is 82.7 Å². The lowest BCUT2D eigenvalue weighted by atomic mass is 10.1. The van der Waals surface area contributed by atoms with Gasteiger partial charge < -0.3 is 10.6 Å². The summed E-state index contributed by atoms with van der Waals surface area (Å²) in [5.74, 6) is 0.000605. The molecule has 1 saturated heterocycles. The van der Waals surface area contributed by atoms with E-state index in [0.29, 0.717) is 6.42 Å². The van der Waals surface area contributed by atoms with E-state index in [4.69, 9.17) is 5.73 Å². The van der Waals surface area contributed by atoms with E-state index in [2.05, 4.69) is 4.98 Å². The van der Waals surface area contributed by atoms with Crippen molar-refractivity contribution in [3.05, 3.63) is 30.1 Å². The predicted molar refractivity (Wildman–Crippen MR) is 52.3 cm³/mol. The zero-order valence-corrected chi connectivity index (χ0v) is 8.05. The van der Waals surface area contributed by atoms with Crippen LogP contribution in [0.5, 0.6) is 0 Å². The summed E-state index contributed by atoms with van der Waals surface area (Å²) in [5, 5.41) is 0. The van der Waals surface area contributed by atoms with Gasteiger partial charge in [0.05, 0.1) is 17.8 Å². The molecule has 1 fully saturated rings. The molecule has 2 atom stereocenters. The fourth-order valence-electron chi connectivity index (χ4n) is 1.81. The van der Waals surface area contributed by atoms with Crippen LogP contribution in [0.15, 0.2) is 24.4 Å². The SMILES string of the molecule is CN1C(=O)[C@@H](N)C[C@H]1c1ccccn1. The standard InChI is InChI=1S/C10H13N3O/c1-13-9(6-7(11)10(13)14)8-4-2-3-5-12-8/h2-5,7,9H,6,11H2,1H3/t7-,9-/m0/s1. The van der Waals surface area contributed by atoms with Crippen LogP contribution in [-0.2, 0) is 4.79 Å². The minimum absolute atomic E-state index is 0.000605. The number of pyridine rings is 1. The molecule has 1 amide bonds. The largest absolute Gasteiger partial charge is 0.336 e. The van der Waals surface area contributed by atoms with Crippen molar-refractivity contribution in [3.8, 4) is 0 Å². The Morgan fingerprint density at radius 2 is 2.36 bits per heavy atom. The minimum Gasteiger partial charge on any atom is -0.336 e. The summed E-state index contributed by atoms with van der Waals surface area (Å²) in [6.45, 7) is 0. The van der Waals surface area contributed by atoms with Gasteiger partial charge in [-0.15, -0.1) is 0 Å². The van der Waals surface area contributed by atoms with Crippen molar-refractivity contribution >= 4 is 5.91 Å². The molecule has 74 valence electrons. The molecule has 14 heavy (non-hydrogen) atoms. The van der Waals surface area contributed by atoms with Gasteiger partial charge in [0.1, 0.15) is 0 Å². The highest BCUT2D eigenvalue weighted by Crippen LogP contribution is 2.28. The molecule has 2 N–H and O–H groups in total. The number of carbonyl (C=O) groups excluding carboxylic acids is 1. The van der Waals surface area contributed by atoms with Gasteiger partial charge >= 0.3 is 0 Å². The summed E-state index contributed by atoms with van der Waals surface area (Å²) in [6, 6.07) is 5.38. The Kier molecular flexibility index (Phi) is 2.21. The highest BCUT2D eigenvalue weighted by atomic mass is 16.2. The number of hydrogen-bond donors (Lipinski definition) is 1. The van der Waals surface area contributed by atoms with E-state index in [1.54, 1.807) is 18.1 Å². The topological polar surface area (TPSA) is 59.2 Å². The Balaban J connectivity index is 2.26. The molecule has 1 aromatic rings. The summed E-state index contributed by atoms with van der Waals surface area (Å²) >= 11 is 0. The van der Waals surface area contributed by atoms with Crippen molar-refractivity contribution in [2.24, 2.45) is 5.73 Å². The van der Waals surface area contributed by atoms with E-state index in [9.17, 15) is 4.79 Å². The molecule has 0 saturated carbocycles. The average Bonchev–Trinajstić information content (AvgIpc) is 2.47. The first-order valence-corrected chi connectivity index (χ1v) is 4.63. The summed E-state index contributed by atoms with van der Waals surface area (Å²) in [6.07, 6.45) is 2.39. The normalized spacial score (nSPS) is 27.0. The molecule has 0 aromatic carbocycles. The number of hydrogen-bond acceptors (Lipinski definition) is 3. The van der Waals surface area contributed by atoms with Crippen LogP contribution in [0.25, 0.3) is 0 Å². The van der Waals surface area contributed by atoms with Crippen molar-refractivity contribution in [2.75, 3.05) is 7.05 Å². The van der Waals surface area contributed by atoms with Gasteiger partial charge in [0.15, 0.2) is 0 Å². The van der Waals surface area contributed by atoms with Crippen molar-refractivity contribution in [1.29, 1.82) is 0 Å². The Morgan fingerprint density at radius 1 is 1.57 bits per heavy atom. The molecule has 0 spiro atoms. The van der Waals surface area contributed by atoms with E-state index >= 15 is 0 Å².